The molecule has 1 aliphatic rings. The third kappa shape index (κ3) is 4.57. The van der Waals surface area contributed by atoms with Gasteiger partial charge in [-0.2, -0.15) is 4.98 Å². The summed E-state index contributed by atoms with van der Waals surface area (Å²) in [5.41, 5.74) is 2.68. The summed E-state index contributed by atoms with van der Waals surface area (Å²) in [4.78, 5) is 11.2. The Bertz CT molecular complexity index is 786. The molecule has 0 radical (unpaired) electrons. The highest BCUT2D eigenvalue weighted by Gasteiger charge is 2.22. The van der Waals surface area contributed by atoms with E-state index in [0.29, 0.717) is 5.95 Å². The van der Waals surface area contributed by atoms with Gasteiger partial charge in [0.2, 0.25) is 5.95 Å². The summed E-state index contributed by atoms with van der Waals surface area (Å²) in [5, 5.41) is 23.0. The average Bonchev–Trinajstić information content (AvgIpc) is 2.64. The summed E-state index contributed by atoms with van der Waals surface area (Å²) in [7, 11) is 0. The first-order valence-electron chi connectivity index (χ1n) is 9.58. The number of hydrogen-bond donors (Lipinski definition) is 3. The van der Waals surface area contributed by atoms with Gasteiger partial charge in [-0.1, -0.05) is 32.0 Å². The SMILES string of the molecule is CC(C)[C@@H](CO)Nc1nccc(N2CCc3cc(C(C)(C)O)ccc3C2)n1. The van der Waals surface area contributed by atoms with Gasteiger partial charge in [0.15, 0.2) is 0 Å². The lowest BCUT2D eigenvalue weighted by Crippen LogP contribution is -2.33. The van der Waals surface area contributed by atoms with Crippen LogP contribution in [0.3, 0.4) is 0 Å². The van der Waals surface area contributed by atoms with Crippen molar-refractivity contribution in [2.24, 2.45) is 5.92 Å². The van der Waals surface area contributed by atoms with Crippen molar-refractivity contribution in [1.29, 1.82) is 0 Å². The van der Waals surface area contributed by atoms with Gasteiger partial charge in [-0.3, -0.25) is 0 Å². The van der Waals surface area contributed by atoms with Gasteiger partial charge < -0.3 is 20.4 Å². The quantitative estimate of drug-likeness (QED) is 0.725. The van der Waals surface area contributed by atoms with Crippen LogP contribution in [0.25, 0.3) is 0 Å². The Balaban J connectivity index is 1.76. The minimum atomic E-state index is -0.820. The fraction of sp³-hybridized carbons (Fsp3) is 0.524. The Hall–Kier alpha value is -2.18. The molecular formula is C21H30N4O2. The van der Waals surface area contributed by atoms with Crippen LogP contribution in [0.2, 0.25) is 0 Å². The Morgan fingerprint density at radius 2 is 2.00 bits per heavy atom. The second kappa shape index (κ2) is 7.82. The summed E-state index contributed by atoms with van der Waals surface area (Å²) in [6.45, 7) is 9.44. The van der Waals surface area contributed by atoms with Crippen LogP contribution in [0.4, 0.5) is 11.8 Å². The third-order valence-electron chi connectivity index (χ3n) is 5.21. The third-order valence-corrected chi connectivity index (χ3v) is 5.21. The molecule has 0 saturated heterocycles. The van der Waals surface area contributed by atoms with Crippen molar-refractivity contribution in [3.8, 4) is 0 Å². The molecule has 1 aromatic heterocycles. The van der Waals surface area contributed by atoms with E-state index >= 15 is 0 Å². The average molecular weight is 370 g/mol. The number of nitrogens with one attached hydrogen (secondary N) is 1. The van der Waals surface area contributed by atoms with Crippen molar-refractivity contribution < 1.29 is 10.2 Å². The van der Waals surface area contributed by atoms with Gasteiger partial charge in [-0.05, 0) is 48.9 Å². The Kier molecular flexibility index (Phi) is 5.67. The first-order valence-corrected chi connectivity index (χ1v) is 9.58. The second-order valence-electron chi connectivity index (χ2n) is 8.13. The van der Waals surface area contributed by atoms with E-state index in [9.17, 15) is 10.2 Å². The molecule has 1 aromatic carbocycles. The maximum absolute atomic E-state index is 10.2. The lowest BCUT2D eigenvalue weighted by molar-refractivity contribution is 0.0785. The van der Waals surface area contributed by atoms with Gasteiger partial charge in [-0.25, -0.2) is 4.98 Å². The minimum absolute atomic E-state index is 0.0475. The maximum Gasteiger partial charge on any atom is 0.224 e. The number of nitrogens with zero attached hydrogens (tertiary/aromatic N) is 3. The van der Waals surface area contributed by atoms with E-state index < -0.39 is 5.60 Å². The standard InChI is InChI=1S/C21H30N4O2/c1-14(2)18(13-26)23-20-22-9-7-19(24-20)25-10-8-15-11-17(21(3,4)27)6-5-16(15)12-25/h5-7,9,11,14,18,26-27H,8,10,12-13H2,1-4H3,(H,22,23,24)/t18-/m1/s1. The Morgan fingerprint density at radius 1 is 1.22 bits per heavy atom. The Morgan fingerprint density at radius 3 is 2.67 bits per heavy atom. The number of aliphatic hydroxyl groups excluding tert-OH is 1. The molecule has 0 amide bonds. The van der Waals surface area contributed by atoms with Crippen LogP contribution in [-0.2, 0) is 18.6 Å². The molecule has 146 valence electrons. The molecule has 1 aliphatic heterocycles. The summed E-state index contributed by atoms with van der Waals surface area (Å²) in [6, 6.07) is 8.08. The molecule has 0 fully saturated rings. The van der Waals surface area contributed by atoms with Crippen LogP contribution in [-0.4, -0.2) is 39.4 Å². The van der Waals surface area contributed by atoms with Crippen LogP contribution in [0.15, 0.2) is 30.5 Å². The zero-order chi connectivity index (χ0) is 19.6. The summed E-state index contributed by atoms with van der Waals surface area (Å²) < 4.78 is 0. The van der Waals surface area contributed by atoms with Crippen LogP contribution in [0, 0.1) is 5.92 Å². The van der Waals surface area contributed by atoms with Crippen LogP contribution >= 0.6 is 0 Å². The fourth-order valence-corrected chi connectivity index (χ4v) is 3.31. The smallest absolute Gasteiger partial charge is 0.224 e. The maximum atomic E-state index is 10.2. The van der Waals surface area contributed by atoms with Crippen molar-refractivity contribution in [3.05, 3.63) is 47.2 Å². The predicted octanol–water partition coefficient (Wildman–Crippen LogP) is 2.70. The lowest BCUT2D eigenvalue weighted by atomic mass is 9.91. The molecule has 1 atom stereocenters. The highest BCUT2D eigenvalue weighted by Crippen LogP contribution is 2.28. The van der Waals surface area contributed by atoms with E-state index in [1.165, 1.54) is 11.1 Å². The van der Waals surface area contributed by atoms with Gasteiger partial charge in [0.25, 0.3) is 0 Å². The number of aromatic nitrogens is 2. The molecule has 0 spiro atoms. The summed E-state index contributed by atoms with van der Waals surface area (Å²) >= 11 is 0. The van der Waals surface area contributed by atoms with Crippen molar-refractivity contribution in [2.75, 3.05) is 23.4 Å². The van der Waals surface area contributed by atoms with E-state index in [4.69, 9.17) is 0 Å². The van der Waals surface area contributed by atoms with Crippen molar-refractivity contribution in [1.82, 2.24) is 9.97 Å². The summed E-state index contributed by atoms with van der Waals surface area (Å²) in [5.74, 6) is 1.71. The molecule has 6 nitrogen and oxygen atoms in total. The highest BCUT2D eigenvalue weighted by atomic mass is 16.3. The van der Waals surface area contributed by atoms with Gasteiger partial charge in [0.05, 0.1) is 18.2 Å². The van der Waals surface area contributed by atoms with E-state index in [2.05, 4.69) is 46.2 Å². The van der Waals surface area contributed by atoms with Gasteiger partial charge in [-0.15, -0.1) is 0 Å². The first-order chi connectivity index (χ1) is 12.8. The topological polar surface area (TPSA) is 81.5 Å². The Labute approximate surface area is 161 Å². The van der Waals surface area contributed by atoms with Crippen molar-refractivity contribution >= 4 is 11.8 Å². The summed E-state index contributed by atoms with van der Waals surface area (Å²) in [6.07, 6.45) is 2.67. The molecule has 0 aliphatic carbocycles. The molecular weight excluding hydrogens is 340 g/mol. The largest absolute Gasteiger partial charge is 0.394 e. The zero-order valence-corrected chi connectivity index (χ0v) is 16.6. The highest BCUT2D eigenvalue weighted by molar-refractivity contribution is 5.47. The van der Waals surface area contributed by atoms with E-state index in [1.54, 1.807) is 6.20 Å². The van der Waals surface area contributed by atoms with Crippen molar-refractivity contribution in [2.45, 2.75) is 52.3 Å². The van der Waals surface area contributed by atoms with Crippen LogP contribution in [0.1, 0.15) is 44.4 Å². The van der Waals surface area contributed by atoms with Gasteiger partial charge >= 0.3 is 0 Å². The minimum Gasteiger partial charge on any atom is -0.394 e. The number of benzene rings is 1. The van der Waals surface area contributed by atoms with Gasteiger partial charge in [0, 0.05) is 19.3 Å². The first kappa shape index (κ1) is 19.6. The molecule has 27 heavy (non-hydrogen) atoms. The fourth-order valence-electron chi connectivity index (χ4n) is 3.31. The molecule has 2 aromatic rings. The zero-order valence-electron chi connectivity index (χ0n) is 16.6. The molecule has 0 unspecified atom stereocenters. The molecule has 3 rings (SSSR count). The monoisotopic (exact) mass is 370 g/mol. The van der Waals surface area contributed by atoms with E-state index in [0.717, 1.165) is 30.9 Å². The second-order valence-corrected chi connectivity index (χ2v) is 8.13. The number of hydrogen-bond acceptors (Lipinski definition) is 6. The number of rotatable bonds is 6. The van der Waals surface area contributed by atoms with E-state index in [-0.39, 0.29) is 18.6 Å². The molecule has 0 bridgehead atoms. The molecule has 3 N–H and O–H groups in total. The predicted molar refractivity (Wildman–Crippen MR) is 108 cm³/mol. The van der Waals surface area contributed by atoms with Crippen LogP contribution < -0.4 is 10.2 Å². The van der Waals surface area contributed by atoms with E-state index in [1.807, 2.05) is 26.0 Å². The number of fused-ring (bicyclic) bond motifs is 1. The van der Waals surface area contributed by atoms with Gasteiger partial charge in [0.1, 0.15) is 5.82 Å². The number of anilines is 2. The number of aliphatic hydroxyl groups is 2. The van der Waals surface area contributed by atoms with Crippen molar-refractivity contribution in [3.63, 3.8) is 0 Å². The molecule has 0 saturated carbocycles. The molecule has 6 heteroatoms. The molecule has 2 heterocycles. The normalized spacial score (nSPS) is 15.6. The lowest BCUT2D eigenvalue weighted by Gasteiger charge is -2.31. The van der Waals surface area contributed by atoms with Crippen LogP contribution in [0.5, 0.6) is 0 Å².